The molecule has 1 rings (SSSR count). The predicted molar refractivity (Wildman–Crippen MR) is 42.2 cm³/mol. The quantitative estimate of drug-likeness (QED) is 0.562. The van der Waals surface area contributed by atoms with Crippen molar-refractivity contribution in [1.29, 1.82) is 5.26 Å². The van der Waals surface area contributed by atoms with Crippen molar-refractivity contribution in [2.24, 2.45) is 0 Å². The summed E-state index contributed by atoms with van der Waals surface area (Å²) < 4.78 is 27.6. The molecule has 0 atom stereocenters. The van der Waals surface area contributed by atoms with Crippen LogP contribution in [-0.4, -0.2) is 16.5 Å². The minimum absolute atomic E-state index is 0.240. The molecule has 1 heterocycles. The van der Waals surface area contributed by atoms with Gasteiger partial charge in [0.05, 0.1) is 4.92 Å². The molecule has 0 aliphatic carbocycles. The van der Waals surface area contributed by atoms with Gasteiger partial charge in [0.1, 0.15) is 18.0 Å². The van der Waals surface area contributed by atoms with Crippen molar-refractivity contribution in [3.05, 3.63) is 28.1 Å². The Hall–Kier alpha value is -2.30. The Morgan fingerprint density at radius 1 is 1.67 bits per heavy atom. The van der Waals surface area contributed by atoms with Crippen LogP contribution >= 0.6 is 0 Å². The van der Waals surface area contributed by atoms with Gasteiger partial charge in [-0.15, -0.1) is 0 Å². The van der Waals surface area contributed by atoms with E-state index in [9.17, 15) is 18.9 Å². The Balaban J connectivity index is 3.17. The van der Waals surface area contributed by atoms with Gasteiger partial charge in [0.25, 0.3) is 0 Å². The lowest BCUT2D eigenvalue weighted by molar-refractivity contribution is -0.386. The molecule has 8 heteroatoms. The summed E-state index contributed by atoms with van der Waals surface area (Å²) in [4.78, 5) is 12.8. The third-order valence-electron chi connectivity index (χ3n) is 1.37. The van der Waals surface area contributed by atoms with Gasteiger partial charge in [0, 0.05) is 6.07 Å². The highest BCUT2D eigenvalue weighted by molar-refractivity contribution is 5.47. The predicted octanol–water partition coefficient (Wildman–Crippen LogP) is 1.46. The van der Waals surface area contributed by atoms with Crippen molar-refractivity contribution in [3.63, 3.8) is 0 Å². The Labute approximate surface area is 81.9 Å². The van der Waals surface area contributed by atoms with Gasteiger partial charge >= 0.3 is 12.3 Å². The summed E-state index contributed by atoms with van der Waals surface area (Å²) in [5, 5.41) is 18.8. The summed E-state index contributed by atoms with van der Waals surface area (Å²) >= 11 is 0. The number of alkyl halides is 2. The van der Waals surface area contributed by atoms with Crippen LogP contribution < -0.4 is 4.74 Å². The maximum Gasteiger partial charge on any atom is 0.387 e. The van der Waals surface area contributed by atoms with Crippen LogP contribution in [0.4, 0.5) is 14.5 Å². The Morgan fingerprint density at radius 2 is 2.33 bits per heavy atom. The van der Waals surface area contributed by atoms with E-state index in [1.807, 2.05) is 0 Å². The third-order valence-corrected chi connectivity index (χ3v) is 1.37. The zero-order chi connectivity index (χ0) is 11.4. The van der Waals surface area contributed by atoms with Crippen LogP contribution in [0.3, 0.4) is 0 Å². The maximum absolute atomic E-state index is 11.9. The smallest absolute Gasteiger partial charge is 0.387 e. The van der Waals surface area contributed by atoms with Crippen molar-refractivity contribution < 1.29 is 18.4 Å². The van der Waals surface area contributed by atoms with Crippen molar-refractivity contribution >= 4 is 5.69 Å². The second-order valence-electron chi connectivity index (χ2n) is 2.28. The van der Waals surface area contributed by atoms with Gasteiger partial charge < -0.3 is 4.74 Å². The topological polar surface area (TPSA) is 89.0 Å². The van der Waals surface area contributed by atoms with Crippen LogP contribution in [0.2, 0.25) is 0 Å². The number of rotatable bonds is 3. The summed E-state index contributed by atoms with van der Waals surface area (Å²) in [5.41, 5.74) is -0.953. The first-order valence-corrected chi connectivity index (χ1v) is 3.54. The molecule has 6 nitrogen and oxygen atoms in total. The molecule has 78 valence electrons. The molecule has 0 spiro atoms. The molecule has 0 bridgehead atoms. The highest BCUT2D eigenvalue weighted by Crippen LogP contribution is 2.27. The number of hydrogen-bond donors (Lipinski definition) is 0. The molecular formula is C7H3F2N3O3. The molecule has 15 heavy (non-hydrogen) atoms. The minimum Gasteiger partial charge on any atom is -0.427 e. The lowest BCUT2D eigenvalue weighted by Gasteiger charge is -2.04. The van der Waals surface area contributed by atoms with E-state index >= 15 is 0 Å². The first-order chi connectivity index (χ1) is 7.04. The average Bonchev–Trinajstić information content (AvgIpc) is 2.16. The molecule has 0 aliphatic rings. The fourth-order valence-electron chi connectivity index (χ4n) is 0.818. The summed E-state index contributed by atoms with van der Waals surface area (Å²) in [7, 11) is 0. The highest BCUT2D eigenvalue weighted by Gasteiger charge is 2.19. The summed E-state index contributed by atoms with van der Waals surface area (Å²) in [6, 6.07) is 2.33. The minimum atomic E-state index is -3.20. The van der Waals surface area contributed by atoms with Crippen LogP contribution in [0.1, 0.15) is 5.69 Å². The number of nitriles is 1. The number of halogens is 2. The van der Waals surface area contributed by atoms with Crippen molar-refractivity contribution in [3.8, 4) is 11.8 Å². The van der Waals surface area contributed by atoms with E-state index in [0.717, 1.165) is 6.07 Å². The highest BCUT2D eigenvalue weighted by atomic mass is 19.3. The summed E-state index contributed by atoms with van der Waals surface area (Å²) in [6.45, 7) is -3.20. The molecule has 0 unspecified atom stereocenters. The van der Waals surface area contributed by atoms with E-state index in [4.69, 9.17) is 5.26 Å². The van der Waals surface area contributed by atoms with Crippen molar-refractivity contribution in [1.82, 2.24) is 4.98 Å². The summed E-state index contributed by atoms with van der Waals surface area (Å²) in [6.07, 6.45) is 0.691. The van der Waals surface area contributed by atoms with Crippen LogP contribution in [0.25, 0.3) is 0 Å². The molecule has 0 N–H and O–H groups in total. The van der Waals surface area contributed by atoms with Gasteiger partial charge in [-0.05, 0) is 0 Å². The van der Waals surface area contributed by atoms with Crippen LogP contribution in [-0.2, 0) is 0 Å². The SMILES string of the molecule is N#Cc1cc(OC(F)F)c([N+](=O)[O-])cn1. The Morgan fingerprint density at radius 3 is 2.80 bits per heavy atom. The van der Waals surface area contributed by atoms with Gasteiger partial charge in [-0.1, -0.05) is 0 Å². The van der Waals surface area contributed by atoms with Gasteiger partial charge in [0.15, 0.2) is 0 Å². The normalized spacial score (nSPS) is 9.73. The number of ether oxygens (including phenoxy) is 1. The molecule has 0 aromatic carbocycles. The molecule has 0 amide bonds. The van der Waals surface area contributed by atoms with E-state index in [0.29, 0.717) is 6.20 Å². The Kier molecular flexibility index (Phi) is 3.07. The number of hydrogen-bond acceptors (Lipinski definition) is 5. The zero-order valence-electron chi connectivity index (χ0n) is 7.05. The molecule has 0 saturated heterocycles. The first-order valence-electron chi connectivity index (χ1n) is 3.54. The van der Waals surface area contributed by atoms with E-state index < -0.39 is 23.0 Å². The van der Waals surface area contributed by atoms with Gasteiger partial charge in [-0.3, -0.25) is 10.1 Å². The third kappa shape index (κ3) is 2.57. The summed E-state index contributed by atoms with van der Waals surface area (Å²) in [5.74, 6) is -0.679. The van der Waals surface area contributed by atoms with Crippen LogP contribution in [0.5, 0.6) is 5.75 Å². The Bertz CT molecular complexity index is 430. The molecule has 0 saturated carbocycles. The molecule has 0 aliphatic heterocycles. The molecule has 1 aromatic heterocycles. The monoisotopic (exact) mass is 215 g/mol. The van der Waals surface area contributed by atoms with E-state index in [1.165, 1.54) is 0 Å². The maximum atomic E-state index is 11.9. The first kappa shape index (κ1) is 10.8. The van der Waals surface area contributed by atoms with E-state index in [1.54, 1.807) is 6.07 Å². The van der Waals surface area contributed by atoms with Crippen molar-refractivity contribution in [2.75, 3.05) is 0 Å². The lowest BCUT2D eigenvalue weighted by Crippen LogP contribution is -2.05. The van der Waals surface area contributed by atoms with Crippen LogP contribution in [0, 0.1) is 21.4 Å². The van der Waals surface area contributed by atoms with E-state index in [-0.39, 0.29) is 5.69 Å². The largest absolute Gasteiger partial charge is 0.427 e. The second kappa shape index (κ2) is 4.28. The molecule has 0 radical (unpaired) electrons. The van der Waals surface area contributed by atoms with E-state index in [2.05, 4.69) is 9.72 Å². The zero-order valence-corrected chi connectivity index (χ0v) is 7.05. The average molecular weight is 215 g/mol. The lowest BCUT2D eigenvalue weighted by atomic mass is 10.3. The number of pyridine rings is 1. The van der Waals surface area contributed by atoms with Gasteiger partial charge in [-0.25, -0.2) is 4.98 Å². The fraction of sp³-hybridized carbons (Fsp3) is 0.143. The van der Waals surface area contributed by atoms with Crippen molar-refractivity contribution in [2.45, 2.75) is 6.61 Å². The molecule has 1 aromatic rings. The van der Waals surface area contributed by atoms with Crippen LogP contribution in [0.15, 0.2) is 12.3 Å². The number of nitro groups is 1. The second-order valence-corrected chi connectivity index (χ2v) is 2.28. The fourth-order valence-corrected chi connectivity index (χ4v) is 0.818. The molecule has 0 fully saturated rings. The van der Waals surface area contributed by atoms with Gasteiger partial charge in [0.2, 0.25) is 5.75 Å². The van der Waals surface area contributed by atoms with Gasteiger partial charge in [-0.2, -0.15) is 14.0 Å². The molecular weight excluding hydrogens is 212 g/mol. The standard InChI is InChI=1S/C7H3F2N3O3/c8-7(9)15-6-1-4(2-10)11-3-5(6)12(13)14/h1,3,7H. The number of nitrogens with zero attached hydrogens (tertiary/aromatic N) is 3. The number of aromatic nitrogens is 1.